The molecule has 5 aromatic rings. The summed E-state index contributed by atoms with van der Waals surface area (Å²) >= 11 is 1.42. The van der Waals surface area contributed by atoms with E-state index in [4.69, 9.17) is 8.92 Å². The van der Waals surface area contributed by atoms with E-state index in [0.29, 0.717) is 10.7 Å². The Morgan fingerprint density at radius 3 is 1.97 bits per heavy atom. The summed E-state index contributed by atoms with van der Waals surface area (Å²) in [5, 5.41) is 3.47. The maximum atomic E-state index is 13.0. The minimum absolute atomic E-state index is 0.208. The van der Waals surface area contributed by atoms with E-state index in [1.54, 1.807) is 14.2 Å². The van der Waals surface area contributed by atoms with Crippen LogP contribution in [0.2, 0.25) is 0 Å². The lowest BCUT2D eigenvalue weighted by molar-refractivity contribution is 0.102. The van der Waals surface area contributed by atoms with Gasteiger partial charge in [-0.3, -0.25) is 10.1 Å². The molecule has 0 aliphatic carbocycles. The van der Waals surface area contributed by atoms with Crippen LogP contribution in [0.3, 0.4) is 0 Å². The molecule has 0 saturated carbocycles. The van der Waals surface area contributed by atoms with Gasteiger partial charge in [0.2, 0.25) is 0 Å². The topological polar surface area (TPSA) is 60.5 Å². The molecule has 0 unspecified atom stereocenters. The number of ether oxygens (including phenoxy) is 1. The second kappa shape index (κ2) is 9.92. The number of nitrogens with zero attached hydrogens (tertiary/aromatic N) is 1. The average Bonchev–Trinajstić information content (AvgIpc) is 3.32. The third-order valence-corrected chi connectivity index (χ3v) is 9.91. The Balaban J connectivity index is 1.46. The molecule has 35 heavy (non-hydrogen) atoms. The van der Waals surface area contributed by atoms with E-state index < -0.39 is 10.3 Å². The van der Waals surface area contributed by atoms with Gasteiger partial charge in [0.1, 0.15) is 5.75 Å². The van der Waals surface area contributed by atoms with Crippen molar-refractivity contribution in [1.29, 1.82) is 0 Å². The normalized spacial score (nSPS) is 11.8. The lowest BCUT2D eigenvalue weighted by atomic mass is 10.2. The molecule has 5 rings (SSSR count). The van der Waals surface area contributed by atoms with Crippen LogP contribution < -0.4 is 10.1 Å². The number of benzene rings is 4. The molecule has 4 aromatic carbocycles. The molecule has 0 bridgehead atoms. The Hall–Kier alpha value is -3.65. The van der Waals surface area contributed by atoms with E-state index in [-0.39, 0.29) is 5.91 Å². The van der Waals surface area contributed by atoms with Crippen LogP contribution in [0.25, 0.3) is 10.2 Å². The third kappa shape index (κ3) is 4.41. The molecular formula is C28H24N2O3S2. The lowest BCUT2D eigenvalue weighted by Crippen LogP contribution is -2.12. The van der Waals surface area contributed by atoms with Crippen LogP contribution in [0.4, 0.5) is 5.13 Å². The van der Waals surface area contributed by atoms with Gasteiger partial charge in [-0.05, 0) is 66.7 Å². The number of amides is 1. The summed E-state index contributed by atoms with van der Waals surface area (Å²) < 4.78 is 12.5. The van der Waals surface area contributed by atoms with Crippen LogP contribution in [0.1, 0.15) is 10.4 Å². The first-order valence-corrected chi connectivity index (χ1v) is 13.4. The Kier molecular flexibility index (Phi) is 6.55. The Bertz CT molecular complexity index is 1410. The fourth-order valence-electron chi connectivity index (χ4n) is 3.97. The van der Waals surface area contributed by atoms with Crippen LogP contribution in [0.5, 0.6) is 5.75 Å². The van der Waals surface area contributed by atoms with Gasteiger partial charge in [0.05, 0.1) is 17.3 Å². The molecular weight excluding hydrogens is 476 g/mol. The molecule has 5 nitrogen and oxygen atoms in total. The van der Waals surface area contributed by atoms with E-state index in [9.17, 15) is 4.79 Å². The van der Waals surface area contributed by atoms with E-state index in [2.05, 4.69) is 34.6 Å². The number of methoxy groups -OCH3 is 1. The van der Waals surface area contributed by atoms with Crippen molar-refractivity contribution in [3.63, 3.8) is 0 Å². The Morgan fingerprint density at radius 1 is 0.800 bits per heavy atom. The molecule has 0 aliphatic heterocycles. The molecule has 7 heteroatoms. The molecule has 0 atom stereocenters. The molecule has 176 valence electrons. The van der Waals surface area contributed by atoms with Gasteiger partial charge in [0.25, 0.3) is 5.91 Å². The number of carbonyl (C=O) groups is 1. The number of rotatable bonds is 7. The first kappa shape index (κ1) is 23.1. The summed E-state index contributed by atoms with van der Waals surface area (Å²) in [5.41, 5.74) is 1.37. The molecule has 0 fully saturated rings. The van der Waals surface area contributed by atoms with Crippen molar-refractivity contribution in [2.75, 3.05) is 19.5 Å². The highest BCUT2D eigenvalue weighted by Gasteiger charge is 2.31. The minimum atomic E-state index is -1.95. The second-order valence-electron chi connectivity index (χ2n) is 7.68. The van der Waals surface area contributed by atoms with Crippen molar-refractivity contribution >= 4 is 42.9 Å². The summed E-state index contributed by atoms with van der Waals surface area (Å²) in [5.74, 6) is 0.551. The quantitative estimate of drug-likeness (QED) is 0.253. The van der Waals surface area contributed by atoms with Gasteiger partial charge >= 0.3 is 0 Å². The highest BCUT2D eigenvalue weighted by molar-refractivity contribution is 8.30. The maximum Gasteiger partial charge on any atom is 0.257 e. The second-order valence-corrected chi connectivity index (χ2v) is 11.6. The molecule has 0 aliphatic rings. The van der Waals surface area contributed by atoms with E-state index in [1.165, 1.54) is 11.3 Å². The summed E-state index contributed by atoms with van der Waals surface area (Å²) in [6.07, 6.45) is 0. The number of nitrogens with one attached hydrogen (secondary N) is 1. The van der Waals surface area contributed by atoms with Gasteiger partial charge in [0, 0.05) is 27.4 Å². The highest BCUT2D eigenvalue weighted by atomic mass is 32.3. The Labute approximate surface area is 209 Å². The molecule has 1 aromatic heterocycles. The molecule has 1 N–H and O–H groups in total. The van der Waals surface area contributed by atoms with Crippen LogP contribution in [-0.4, -0.2) is 25.1 Å². The summed E-state index contributed by atoms with van der Waals surface area (Å²) in [6, 6.07) is 33.8. The van der Waals surface area contributed by atoms with Crippen LogP contribution in [-0.2, 0) is 4.18 Å². The fourth-order valence-corrected chi connectivity index (χ4v) is 7.86. The third-order valence-electron chi connectivity index (χ3n) is 5.66. The number of hydrogen-bond donors (Lipinski definition) is 1. The van der Waals surface area contributed by atoms with Crippen molar-refractivity contribution in [3.8, 4) is 5.75 Å². The van der Waals surface area contributed by atoms with Crippen molar-refractivity contribution in [3.05, 3.63) is 109 Å². The van der Waals surface area contributed by atoms with E-state index in [0.717, 1.165) is 30.7 Å². The number of carbonyl (C=O) groups excluding carboxylic acids is 1. The summed E-state index contributed by atoms with van der Waals surface area (Å²) in [7, 11) is 1.43. The zero-order valence-corrected chi connectivity index (χ0v) is 20.9. The van der Waals surface area contributed by atoms with Gasteiger partial charge in [-0.1, -0.05) is 58.0 Å². The first-order valence-electron chi connectivity index (χ1n) is 11.0. The molecule has 0 spiro atoms. The Morgan fingerprint density at radius 2 is 1.40 bits per heavy atom. The summed E-state index contributed by atoms with van der Waals surface area (Å²) in [6.45, 7) is 0. The zero-order chi connectivity index (χ0) is 24.3. The number of aromatic nitrogens is 1. The van der Waals surface area contributed by atoms with Gasteiger partial charge in [-0.2, -0.15) is 0 Å². The summed E-state index contributed by atoms with van der Waals surface area (Å²) in [4.78, 5) is 20.7. The number of anilines is 1. The highest BCUT2D eigenvalue weighted by Crippen LogP contribution is 2.68. The predicted molar refractivity (Wildman–Crippen MR) is 143 cm³/mol. The lowest BCUT2D eigenvalue weighted by Gasteiger charge is -2.39. The van der Waals surface area contributed by atoms with Crippen molar-refractivity contribution in [2.45, 2.75) is 14.7 Å². The van der Waals surface area contributed by atoms with Gasteiger partial charge < -0.3 is 8.92 Å². The van der Waals surface area contributed by atoms with Crippen molar-refractivity contribution in [1.82, 2.24) is 4.98 Å². The SMILES string of the molecule is COc1ccc2nc(NC(=O)c3ccc(S(OC)(c4ccccc4)c4ccccc4)cc3)sc2c1. The first-order chi connectivity index (χ1) is 17.1. The van der Waals surface area contributed by atoms with Crippen LogP contribution >= 0.6 is 21.6 Å². The van der Waals surface area contributed by atoms with E-state index in [1.807, 2.05) is 78.9 Å². The fraction of sp³-hybridized carbons (Fsp3) is 0.0714. The van der Waals surface area contributed by atoms with Gasteiger partial charge in [-0.15, -0.1) is 0 Å². The molecule has 0 saturated heterocycles. The largest absolute Gasteiger partial charge is 0.497 e. The number of hydrogen-bond acceptors (Lipinski definition) is 5. The van der Waals surface area contributed by atoms with Crippen molar-refractivity contribution in [2.24, 2.45) is 0 Å². The molecule has 0 radical (unpaired) electrons. The number of fused-ring (bicyclic) bond motifs is 1. The standard InChI is InChI=1S/C28H24N2O3S2/c1-32-21-15-18-25-26(19-21)34-28(29-25)30-27(31)20-13-16-24(17-14-20)35(33-2,22-9-5-3-6-10-22)23-11-7-4-8-12-23/h3-19H,1-2H3,(H,29,30,31). The minimum Gasteiger partial charge on any atom is -0.497 e. The van der Waals surface area contributed by atoms with Crippen LogP contribution in [0, 0.1) is 0 Å². The van der Waals surface area contributed by atoms with Gasteiger partial charge in [-0.25, -0.2) is 4.98 Å². The van der Waals surface area contributed by atoms with Crippen molar-refractivity contribution < 1.29 is 13.7 Å². The van der Waals surface area contributed by atoms with E-state index >= 15 is 0 Å². The average molecular weight is 501 g/mol. The monoisotopic (exact) mass is 500 g/mol. The maximum absolute atomic E-state index is 13.0. The smallest absolute Gasteiger partial charge is 0.257 e. The van der Waals surface area contributed by atoms with Gasteiger partial charge in [0.15, 0.2) is 5.13 Å². The zero-order valence-electron chi connectivity index (χ0n) is 19.3. The predicted octanol–water partition coefficient (Wildman–Crippen LogP) is 7.40. The molecule has 1 heterocycles. The number of thiazole rings is 1. The molecule has 1 amide bonds. The van der Waals surface area contributed by atoms with Crippen LogP contribution in [0.15, 0.2) is 118 Å².